The first-order chi connectivity index (χ1) is 6.88. The zero-order chi connectivity index (χ0) is 9.80. The van der Waals surface area contributed by atoms with Gasteiger partial charge in [0.1, 0.15) is 0 Å². The second kappa shape index (κ2) is 4.87. The first kappa shape index (κ1) is 10.1. The monoisotopic (exact) mass is 212 g/mol. The number of aliphatic hydroxyl groups is 1. The Morgan fingerprint density at radius 3 is 3.29 bits per heavy atom. The number of nitrogens with zero attached hydrogens (tertiary/aromatic N) is 2. The molecular weight excluding hydrogens is 196 g/mol. The minimum absolute atomic E-state index is 0.333. The van der Waals surface area contributed by atoms with Crippen molar-refractivity contribution in [2.24, 2.45) is 5.92 Å². The van der Waals surface area contributed by atoms with Crippen LogP contribution in [0, 0.1) is 5.92 Å². The van der Waals surface area contributed by atoms with Gasteiger partial charge in [-0.25, -0.2) is 0 Å². The van der Waals surface area contributed by atoms with Crippen molar-refractivity contribution < 1.29 is 5.11 Å². The normalized spacial score (nSPS) is 23.9. The van der Waals surface area contributed by atoms with Gasteiger partial charge in [-0.2, -0.15) is 0 Å². The van der Waals surface area contributed by atoms with Crippen molar-refractivity contribution in [2.75, 3.05) is 19.7 Å². The third kappa shape index (κ3) is 2.53. The Morgan fingerprint density at radius 2 is 2.57 bits per heavy atom. The van der Waals surface area contributed by atoms with Gasteiger partial charge >= 0.3 is 0 Å². The van der Waals surface area contributed by atoms with Crippen molar-refractivity contribution in [3.05, 3.63) is 16.6 Å². The minimum atomic E-state index is 0.333. The summed E-state index contributed by atoms with van der Waals surface area (Å²) in [4.78, 5) is 7.81. The maximum Gasteiger partial charge on any atom is 0.0794 e. The van der Waals surface area contributed by atoms with Crippen molar-refractivity contribution in [3.63, 3.8) is 0 Å². The van der Waals surface area contributed by atoms with Crippen LogP contribution in [0.25, 0.3) is 0 Å². The SMILES string of the molecule is OC[C@H]1CCCN(Cc2cncs2)C1. The lowest BCUT2D eigenvalue weighted by Gasteiger charge is -2.31. The Labute approximate surface area is 88.4 Å². The van der Waals surface area contributed by atoms with E-state index in [1.54, 1.807) is 11.3 Å². The van der Waals surface area contributed by atoms with Gasteiger partial charge in [-0.1, -0.05) is 0 Å². The second-order valence-corrected chi connectivity index (χ2v) is 4.86. The largest absolute Gasteiger partial charge is 0.396 e. The van der Waals surface area contributed by atoms with E-state index in [1.807, 2.05) is 11.7 Å². The van der Waals surface area contributed by atoms with Crippen molar-refractivity contribution >= 4 is 11.3 Å². The first-order valence-electron chi connectivity index (χ1n) is 5.09. The summed E-state index contributed by atoms with van der Waals surface area (Å²) in [6.07, 6.45) is 4.33. The number of aliphatic hydroxyl groups excluding tert-OH is 1. The van der Waals surface area contributed by atoms with Crippen molar-refractivity contribution in [1.29, 1.82) is 0 Å². The number of hydrogen-bond acceptors (Lipinski definition) is 4. The highest BCUT2D eigenvalue weighted by Crippen LogP contribution is 2.19. The molecule has 1 N–H and O–H groups in total. The van der Waals surface area contributed by atoms with E-state index in [1.165, 1.54) is 17.7 Å². The van der Waals surface area contributed by atoms with Gasteiger partial charge in [0.25, 0.3) is 0 Å². The number of hydrogen-bond donors (Lipinski definition) is 1. The van der Waals surface area contributed by atoms with Crippen molar-refractivity contribution in [2.45, 2.75) is 19.4 Å². The molecule has 0 aromatic carbocycles. The van der Waals surface area contributed by atoms with E-state index < -0.39 is 0 Å². The van der Waals surface area contributed by atoms with Gasteiger partial charge in [-0.15, -0.1) is 11.3 Å². The summed E-state index contributed by atoms with van der Waals surface area (Å²) in [5, 5.41) is 9.10. The van der Waals surface area contributed by atoms with Crippen LogP contribution in [0.5, 0.6) is 0 Å². The standard InChI is InChI=1S/C10H16N2OS/c13-7-9-2-1-3-12(5-9)6-10-4-11-8-14-10/h4,8-9,13H,1-3,5-7H2/t9-/m0/s1. The van der Waals surface area contributed by atoms with E-state index in [4.69, 9.17) is 5.11 Å². The summed E-state index contributed by atoms with van der Waals surface area (Å²) in [5.74, 6) is 0.483. The Balaban J connectivity index is 1.86. The molecule has 1 aliphatic rings. The van der Waals surface area contributed by atoms with Gasteiger partial charge in [0, 0.05) is 30.8 Å². The molecule has 1 aromatic heterocycles. The van der Waals surface area contributed by atoms with Crippen LogP contribution in [-0.2, 0) is 6.54 Å². The molecule has 1 aliphatic heterocycles. The molecule has 0 radical (unpaired) electrons. The smallest absolute Gasteiger partial charge is 0.0794 e. The third-order valence-corrected chi connectivity index (χ3v) is 3.49. The van der Waals surface area contributed by atoms with Gasteiger partial charge in [-0.05, 0) is 25.3 Å². The lowest BCUT2D eigenvalue weighted by Crippen LogP contribution is -2.36. The molecule has 1 saturated heterocycles. The van der Waals surface area contributed by atoms with Crippen LogP contribution >= 0.6 is 11.3 Å². The molecule has 0 spiro atoms. The highest BCUT2D eigenvalue weighted by atomic mass is 32.1. The fourth-order valence-electron chi connectivity index (χ4n) is 1.98. The van der Waals surface area contributed by atoms with E-state index in [0.29, 0.717) is 12.5 Å². The Hall–Kier alpha value is -0.450. The number of piperidine rings is 1. The fourth-order valence-corrected chi connectivity index (χ4v) is 2.62. The van der Waals surface area contributed by atoms with Gasteiger partial charge < -0.3 is 5.11 Å². The molecule has 1 atom stereocenters. The molecule has 3 nitrogen and oxygen atoms in total. The quantitative estimate of drug-likeness (QED) is 0.821. The molecule has 0 saturated carbocycles. The first-order valence-corrected chi connectivity index (χ1v) is 5.97. The van der Waals surface area contributed by atoms with Gasteiger partial charge in [0.2, 0.25) is 0 Å². The molecule has 2 rings (SSSR count). The summed E-state index contributed by atoms with van der Waals surface area (Å²) >= 11 is 1.71. The van der Waals surface area contributed by atoms with Crippen molar-refractivity contribution in [3.8, 4) is 0 Å². The average molecular weight is 212 g/mol. The van der Waals surface area contributed by atoms with E-state index in [0.717, 1.165) is 19.6 Å². The van der Waals surface area contributed by atoms with Gasteiger partial charge in [0.05, 0.1) is 5.51 Å². The number of thiazole rings is 1. The highest BCUT2D eigenvalue weighted by Gasteiger charge is 2.19. The summed E-state index contributed by atoms with van der Waals surface area (Å²) in [6.45, 7) is 3.53. The summed E-state index contributed by atoms with van der Waals surface area (Å²) in [5.41, 5.74) is 1.88. The maximum atomic E-state index is 9.10. The zero-order valence-electron chi connectivity index (χ0n) is 8.22. The summed E-state index contributed by atoms with van der Waals surface area (Å²) in [6, 6.07) is 0. The fraction of sp³-hybridized carbons (Fsp3) is 0.700. The van der Waals surface area contributed by atoms with E-state index in [2.05, 4.69) is 9.88 Å². The number of rotatable bonds is 3. The highest BCUT2D eigenvalue weighted by molar-refractivity contribution is 7.09. The van der Waals surface area contributed by atoms with Crippen LogP contribution in [0.3, 0.4) is 0 Å². The van der Waals surface area contributed by atoms with Crippen LogP contribution < -0.4 is 0 Å². The zero-order valence-corrected chi connectivity index (χ0v) is 9.04. The molecule has 0 aliphatic carbocycles. The van der Waals surface area contributed by atoms with E-state index in [-0.39, 0.29) is 0 Å². The molecule has 4 heteroatoms. The molecular formula is C10H16N2OS. The lowest BCUT2D eigenvalue weighted by atomic mass is 9.99. The van der Waals surface area contributed by atoms with Crippen LogP contribution in [0.4, 0.5) is 0 Å². The Bertz CT molecular complexity index is 263. The van der Waals surface area contributed by atoms with Crippen LogP contribution in [0.2, 0.25) is 0 Å². The van der Waals surface area contributed by atoms with Crippen molar-refractivity contribution in [1.82, 2.24) is 9.88 Å². The van der Waals surface area contributed by atoms with E-state index in [9.17, 15) is 0 Å². The maximum absolute atomic E-state index is 9.10. The van der Waals surface area contributed by atoms with E-state index >= 15 is 0 Å². The summed E-state index contributed by atoms with van der Waals surface area (Å²) < 4.78 is 0. The molecule has 1 fully saturated rings. The molecule has 78 valence electrons. The Morgan fingerprint density at radius 1 is 1.64 bits per heavy atom. The predicted molar refractivity (Wildman–Crippen MR) is 57.2 cm³/mol. The molecule has 1 aromatic rings. The predicted octanol–water partition coefficient (Wildman–Crippen LogP) is 1.35. The van der Waals surface area contributed by atoms with Crippen LogP contribution in [0.1, 0.15) is 17.7 Å². The van der Waals surface area contributed by atoms with Gasteiger partial charge in [-0.3, -0.25) is 9.88 Å². The Kier molecular flexibility index (Phi) is 3.50. The number of aromatic nitrogens is 1. The third-order valence-electron chi connectivity index (χ3n) is 2.72. The van der Waals surface area contributed by atoms with Crippen LogP contribution in [0.15, 0.2) is 11.7 Å². The minimum Gasteiger partial charge on any atom is -0.396 e. The molecule has 2 heterocycles. The average Bonchev–Trinajstić information content (AvgIpc) is 2.71. The molecule has 0 unspecified atom stereocenters. The molecule has 0 amide bonds. The lowest BCUT2D eigenvalue weighted by molar-refractivity contribution is 0.116. The molecule has 0 bridgehead atoms. The topological polar surface area (TPSA) is 36.4 Å². The van der Waals surface area contributed by atoms with Crippen LogP contribution in [-0.4, -0.2) is 34.7 Å². The second-order valence-electron chi connectivity index (χ2n) is 3.89. The number of likely N-dealkylation sites (tertiary alicyclic amines) is 1. The van der Waals surface area contributed by atoms with Gasteiger partial charge in [0.15, 0.2) is 0 Å². The summed E-state index contributed by atoms with van der Waals surface area (Å²) in [7, 11) is 0. The molecule has 14 heavy (non-hydrogen) atoms.